The maximum Gasteiger partial charge on any atom is 0.240 e. The van der Waals surface area contributed by atoms with Crippen LogP contribution in [0.15, 0.2) is 0 Å². The van der Waals surface area contributed by atoms with E-state index < -0.39 is 0 Å². The smallest absolute Gasteiger partial charge is 0.240 e. The summed E-state index contributed by atoms with van der Waals surface area (Å²) in [5.74, 6) is 0.161. The second-order valence-corrected chi connectivity index (χ2v) is 6.32. The first-order valence-electron chi connectivity index (χ1n) is 7.43. The van der Waals surface area contributed by atoms with Crippen molar-refractivity contribution in [3.8, 4) is 0 Å². The van der Waals surface area contributed by atoms with Crippen LogP contribution in [0.4, 0.5) is 0 Å². The lowest BCUT2D eigenvalue weighted by atomic mass is 9.90. The average Bonchev–Trinajstić information content (AvgIpc) is 2.40. The van der Waals surface area contributed by atoms with Crippen molar-refractivity contribution >= 4 is 43.1 Å². The minimum absolute atomic E-state index is 0. The third-order valence-electron chi connectivity index (χ3n) is 4.60. The predicted octanol–water partition coefficient (Wildman–Crippen LogP) is 1.15. The van der Waals surface area contributed by atoms with Gasteiger partial charge in [0.15, 0.2) is 0 Å². The molecule has 2 rings (SSSR count). The highest BCUT2D eigenvalue weighted by Crippen LogP contribution is 2.18. The molecule has 0 aliphatic carbocycles. The first-order valence-corrected chi connectivity index (χ1v) is 7.43. The highest BCUT2D eigenvalue weighted by Gasteiger charge is 2.34. The second kappa shape index (κ2) is 10.9. The molecule has 1 amide bonds. The molecule has 0 radical (unpaired) electrons. The summed E-state index contributed by atoms with van der Waals surface area (Å²) in [5.41, 5.74) is -0.364. The van der Waals surface area contributed by atoms with E-state index in [0.29, 0.717) is 6.04 Å². The lowest BCUT2D eigenvalue weighted by Crippen LogP contribution is -2.60. The Hall–Kier alpha value is 0.220. The Morgan fingerprint density at radius 2 is 1.91 bits per heavy atom. The van der Waals surface area contributed by atoms with Crippen molar-refractivity contribution in [3.63, 3.8) is 0 Å². The van der Waals surface area contributed by atoms with E-state index in [1.165, 1.54) is 6.42 Å². The van der Waals surface area contributed by atoms with Crippen molar-refractivity contribution in [2.45, 2.75) is 37.8 Å². The van der Waals surface area contributed by atoms with Gasteiger partial charge < -0.3 is 15.5 Å². The van der Waals surface area contributed by atoms with E-state index in [9.17, 15) is 4.79 Å². The van der Waals surface area contributed by atoms with Crippen LogP contribution in [0.2, 0.25) is 0 Å². The van der Waals surface area contributed by atoms with E-state index in [2.05, 4.69) is 34.5 Å². The molecule has 2 atom stereocenters. The maximum absolute atomic E-state index is 12.3. The number of nitrogens with one attached hydrogen (secondary N) is 2. The number of amides is 1. The molecule has 2 unspecified atom stereocenters. The highest BCUT2D eigenvalue weighted by molar-refractivity contribution is 5.86. The fraction of sp³-hybridized carbons (Fsp3) is 0.929. The summed E-state index contributed by atoms with van der Waals surface area (Å²) in [5, 5.41) is 6.51. The van der Waals surface area contributed by atoms with Crippen molar-refractivity contribution in [1.82, 2.24) is 20.4 Å². The molecule has 0 aromatic carbocycles. The molecule has 134 valence electrons. The number of rotatable bonds is 3. The third kappa shape index (κ3) is 6.38. The molecule has 8 heteroatoms. The monoisotopic (exact) mass is 376 g/mol. The highest BCUT2D eigenvalue weighted by atomic mass is 35.5. The fourth-order valence-corrected chi connectivity index (χ4v) is 2.98. The topological polar surface area (TPSA) is 47.6 Å². The number of nitrogens with zero attached hydrogens (tertiary/aromatic N) is 2. The quantitative estimate of drug-likeness (QED) is 0.774. The van der Waals surface area contributed by atoms with Crippen molar-refractivity contribution in [2.24, 2.45) is 0 Å². The van der Waals surface area contributed by atoms with Crippen LogP contribution < -0.4 is 10.6 Å². The van der Waals surface area contributed by atoms with Gasteiger partial charge in [-0.15, -0.1) is 37.2 Å². The van der Waals surface area contributed by atoms with Crippen LogP contribution in [-0.4, -0.2) is 74.1 Å². The Morgan fingerprint density at radius 1 is 1.23 bits per heavy atom. The van der Waals surface area contributed by atoms with Gasteiger partial charge in [0.05, 0.1) is 5.54 Å². The van der Waals surface area contributed by atoms with Gasteiger partial charge in [-0.1, -0.05) is 0 Å². The number of halogens is 3. The number of likely N-dealkylation sites (N-methyl/N-ethyl adjacent to an activating group) is 2. The zero-order chi connectivity index (χ0) is 13.9. The van der Waals surface area contributed by atoms with Crippen LogP contribution in [0.3, 0.4) is 0 Å². The molecule has 5 nitrogen and oxygen atoms in total. The van der Waals surface area contributed by atoms with Crippen molar-refractivity contribution in [1.29, 1.82) is 0 Å². The van der Waals surface area contributed by atoms with E-state index in [-0.39, 0.29) is 48.7 Å². The van der Waals surface area contributed by atoms with Gasteiger partial charge in [-0.2, -0.15) is 0 Å². The zero-order valence-electron chi connectivity index (χ0n) is 13.8. The predicted molar refractivity (Wildman–Crippen MR) is 98.9 cm³/mol. The summed E-state index contributed by atoms with van der Waals surface area (Å²) in [4.78, 5) is 17.0. The Balaban J connectivity index is 0. The Bertz CT molecular complexity index is 327. The minimum atomic E-state index is -0.364. The average molecular weight is 378 g/mol. The molecule has 2 fully saturated rings. The van der Waals surface area contributed by atoms with Crippen molar-refractivity contribution < 1.29 is 4.79 Å². The fourth-order valence-electron chi connectivity index (χ4n) is 2.98. The van der Waals surface area contributed by atoms with E-state index in [0.717, 1.165) is 45.6 Å². The normalized spacial score (nSPS) is 29.5. The van der Waals surface area contributed by atoms with Gasteiger partial charge in [-0.25, -0.2) is 0 Å². The summed E-state index contributed by atoms with van der Waals surface area (Å²) in [6.45, 7) is 6.94. The third-order valence-corrected chi connectivity index (χ3v) is 4.60. The van der Waals surface area contributed by atoms with Crippen LogP contribution in [0, 0.1) is 0 Å². The van der Waals surface area contributed by atoms with Gasteiger partial charge >= 0.3 is 0 Å². The van der Waals surface area contributed by atoms with Gasteiger partial charge in [-0.05, 0) is 46.8 Å². The molecule has 2 heterocycles. The molecular formula is C14H31Cl3N4O. The van der Waals surface area contributed by atoms with Gasteiger partial charge in [0, 0.05) is 32.2 Å². The first-order chi connectivity index (χ1) is 9.01. The molecule has 0 saturated carbocycles. The molecule has 22 heavy (non-hydrogen) atoms. The molecular weight excluding hydrogens is 347 g/mol. The van der Waals surface area contributed by atoms with E-state index in [1.807, 2.05) is 6.92 Å². The summed E-state index contributed by atoms with van der Waals surface area (Å²) >= 11 is 0. The van der Waals surface area contributed by atoms with Gasteiger partial charge in [0.2, 0.25) is 5.91 Å². The Morgan fingerprint density at radius 3 is 2.50 bits per heavy atom. The Labute approximate surface area is 153 Å². The molecule has 2 aliphatic heterocycles. The van der Waals surface area contributed by atoms with Gasteiger partial charge in [0.25, 0.3) is 0 Å². The number of piperidine rings is 1. The van der Waals surface area contributed by atoms with Gasteiger partial charge in [0.1, 0.15) is 0 Å². The lowest BCUT2D eigenvalue weighted by Gasteiger charge is -2.39. The summed E-state index contributed by atoms with van der Waals surface area (Å²) in [6, 6.07) is 0.426. The lowest BCUT2D eigenvalue weighted by molar-refractivity contribution is -0.128. The van der Waals surface area contributed by atoms with Crippen LogP contribution in [0.5, 0.6) is 0 Å². The van der Waals surface area contributed by atoms with Crippen LogP contribution in [0.1, 0.15) is 26.2 Å². The summed E-state index contributed by atoms with van der Waals surface area (Å²) in [7, 11) is 4.29. The number of hydrogen-bond acceptors (Lipinski definition) is 4. The van der Waals surface area contributed by atoms with Gasteiger partial charge in [-0.3, -0.25) is 9.69 Å². The van der Waals surface area contributed by atoms with E-state index >= 15 is 0 Å². The summed E-state index contributed by atoms with van der Waals surface area (Å²) < 4.78 is 0. The summed E-state index contributed by atoms with van der Waals surface area (Å²) in [6.07, 6.45) is 3.27. The van der Waals surface area contributed by atoms with Crippen LogP contribution >= 0.6 is 37.2 Å². The minimum Gasteiger partial charge on any atom is -0.353 e. The zero-order valence-corrected chi connectivity index (χ0v) is 16.2. The molecule has 2 saturated heterocycles. The molecule has 0 bridgehead atoms. The molecule has 0 aromatic rings. The number of hydrogen-bond donors (Lipinski definition) is 2. The SMILES string of the molecule is CN1CCN(C)C(CNC(=O)C2(C)CCCCN2)C1.Cl.Cl.Cl. The Kier molecular flexibility index (Phi) is 12.1. The molecule has 2 aliphatic rings. The number of piperazine rings is 1. The standard InChI is InChI=1S/C14H28N4O.3ClH/c1-14(6-4-5-7-16-14)13(19)15-10-12-11-17(2)8-9-18(12)3;;;/h12,16H,4-11H2,1-3H3,(H,15,19);3*1H. The van der Waals surface area contributed by atoms with Crippen molar-refractivity contribution in [2.75, 3.05) is 46.8 Å². The van der Waals surface area contributed by atoms with E-state index in [4.69, 9.17) is 0 Å². The number of carbonyl (C=O) groups excluding carboxylic acids is 1. The van der Waals surface area contributed by atoms with Crippen LogP contribution in [-0.2, 0) is 4.79 Å². The van der Waals surface area contributed by atoms with E-state index in [1.54, 1.807) is 0 Å². The molecule has 0 spiro atoms. The van der Waals surface area contributed by atoms with Crippen LogP contribution in [0.25, 0.3) is 0 Å². The second-order valence-electron chi connectivity index (χ2n) is 6.32. The maximum atomic E-state index is 12.3. The molecule has 0 aromatic heterocycles. The number of carbonyl (C=O) groups is 1. The first kappa shape index (κ1) is 24.5. The molecule has 2 N–H and O–H groups in total. The largest absolute Gasteiger partial charge is 0.353 e. The van der Waals surface area contributed by atoms with Crippen molar-refractivity contribution in [3.05, 3.63) is 0 Å².